The molecule has 2 heterocycles. The molecule has 12 heteroatoms. The molecule has 2 saturated heterocycles. The fourth-order valence-electron chi connectivity index (χ4n) is 6.86. The van der Waals surface area contributed by atoms with Crippen LogP contribution in [0.4, 0.5) is 30.7 Å². The number of likely N-dealkylation sites (tertiary alicyclic amines) is 2. The minimum absolute atomic E-state index is 0.0462. The average Bonchev–Trinajstić information content (AvgIpc) is 3.67. The maximum atomic E-state index is 13.8. The van der Waals surface area contributed by atoms with Crippen molar-refractivity contribution in [2.24, 2.45) is 5.41 Å². The number of benzene rings is 2. The normalized spacial score (nSPS) is 24.0. The molecule has 2 amide bonds. The highest BCUT2D eigenvalue weighted by Crippen LogP contribution is 2.44. The molecule has 5 nitrogen and oxygen atoms in total. The van der Waals surface area contributed by atoms with Crippen molar-refractivity contribution in [1.29, 1.82) is 0 Å². The molecule has 2 aromatic carbocycles. The van der Waals surface area contributed by atoms with Crippen molar-refractivity contribution in [1.82, 2.24) is 15.1 Å². The Hall–Kier alpha value is -3.15. The summed E-state index contributed by atoms with van der Waals surface area (Å²) in [7, 11) is 0. The van der Waals surface area contributed by atoms with Gasteiger partial charge in [0.1, 0.15) is 11.2 Å². The van der Waals surface area contributed by atoms with Crippen LogP contribution in [0.1, 0.15) is 73.1 Å². The van der Waals surface area contributed by atoms with E-state index in [1.54, 1.807) is 17.0 Å². The first-order valence-corrected chi connectivity index (χ1v) is 14.6. The van der Waals surface area contributed by atoms with Crippen LogP contribution < -0.4 is 5.32 Å². The molecule has 1 aliphatic carbocycles. The standard InChI is InChI=1S/C31H34F7N3O2/c32-25-5-3-21(4-6-25)22-8-13-40(14-9-22)26-7-10-29(18-26,28(43)41-11-1-2-12-41)27(42)39-19-20-15-23(30(33,34)35)17-24(16-20)31(36,37)38/h3-6,15-17,22,26H,1-2,7-14,18-19H2,(H,39,42). The number of piperidine rings is 1. The number of carbonyl (C=O) groups excluding carboxylic acids is 2. The molecule has 2 aromatic rings. The minimum Gasteiger partial charge on any atom is -0.351 e. The predicted molar refractivity (Wildman–Crippen MR) is 144 cm³/mol. The largest absolute Gasteiger partial charge is 0.416 e. The van der Waals surface area contributed by atoms with Gasteiger partial charge in [0.15, 0.2) is 0 Å². The number of alkyl halides is 6. The molecule has 0 spiro atoms. The van der Waals surface area contributed by atoms with Gasteiger partial charge in [-0.05, 0) is 105 Å². The molecular weight excluding hydrogens is 579 g/mol. The molecule has 234 valence electrons. The summed E-state index contributed by atoms with van der Waals surface area (Å²) in [6.07, 6.45) is -5.71. The van der Waals surface area contributed by atoms with Gasteiger partial charge in [-0.3, -0.25) is 9.59 Å². The maximum absolute atomic E-state index is 13.8. The lowest BCUT2D eigenvalue weighted by molar-refractivity contribution is -0.150. The predicted octanol–water partition coefficient (Wildman–Crippen LogP) is 6.52. The third-order valence-electron chi connectivity index (χ3n) is 9.21. The van der Waals surface area contributed by atoms with E-state index in [2.05, 4.69) is 10.2 Å². The number of nitrogens with one attached hydrogen (secondary N) is 1. The SMILES string of the molecule is O=C(NCc1cc(C(F)(F)F)cc(C(F)(F)F)c1)C1(C(=O)N2CCCC2)CCC(N2CCC(c3ccc(F)cc3)CC2)C1. The molecule has 1 saturated carbocycles. The summed E-state index contributed by atoms with van der Waals surface area (Å²) in [6, 6.07) is 7.62. The second kappa shape index (κ2) is 12.1. The Kier molecular flexibility index (Phi) is 8.79. The Morgan fingerprint density at radius 3 is 1.98 bits per heavy atom. The Balaban J connectivity index is 1.31. The van der Waals surface area contributed by atoms with Gasteiger partial charge in [0.05, 0.1) is 11.1 Å². The molecule has 3 fully saturated rings. The molecule has 2 aliphatic heterocycles. The van der Waals surface area contributed by atoms with Crippen molar-refractivity contribution >= 4 is 11.8 Å². The Labute approximate surface area is 245 Å². The lowest BCUT2D eigenvalue weighted by atomic mass is 9.82. The number of carbonyl (C=O) groups is 2. The van der Waals surface area contributed by atoms with Gasteiger partial charge >= 0.3 is 12.4 Å². The van der Waals surface area contributed by atoms with Crippen molar-refractivity contribution in [2.45, 2.75) is 75.8 Å². The number of halogens is 7. The van der Waals surface area contributed by atoms with Crippen LogP contribution in [0.25, 0.3) is 0 Å². The van der Waals surface area contributed by atoms with Crippen LogP contribution in [0.15, 0.2) is 42.5 Å². The van der Waals surface area contributed by atoms with Crippen LogP contribution in [0.3, 0.4) is 0 Å². The number of nitrogens with zero attached hydrogens (tertiary/aromatic N) is 2. The highest BCUT2D eigenvalue weighted by molar-refractivity contribution is 6.05. The zero-order valence-corrected chi connectivity index (χ0v) is 23.5. The van der Waals surface area contributed by atoms with Gasteiger partial charge in [-0.25, -0.2) is 4.39 Å². The molecule has 2 atom stereocenters. The number of hydrogen-bond acceptors (Lipinski definition) is 3. The molecule has 2 unspecified atom stereocenters. The summed E-state index contributed by atoms with van der Waals surface area (Å²) in [6.45, 7) is 1.89. The summed E-state index contributed by atoms with van der Waals surface area (Å²) < 4.78 is 93.5. The maximum Gasteiger partial charge on any atom is 0.416 e. The first-order chi connectivity index (χ1) is 20.3. The molecule has 0 radical (unpaired) electrons. The summed E-state index contributed by atoms with van der Waals surface area (Å²) >= 11 is 0. The smallest absolute Gasteiger partial charge is 0.351 e. The van der Waals surface area contributed by atoms with Gasteiger partial charge in [-0.1, -0.05) is 12.1 Å². The van der Waals surface area contributed by atoms with Crippen LogP contribution in [-0.2, 0) is 28.5 Å². The van der Waals surface area contributed by atoms with E-state index in [0.717, 1.165) is 44.3 Å². The number of rotatable bonds is 6. The topological polar surface area (TPSA) is 52.7 Å². The fraction of sp³-hybridized carbons (Fsp3) is 0.548. The van der Waals surface area contributed by atoms with Crippen molar-refractivity contribution in [3.05, 3.63) is 70.5 Å². The van der Waals surface area contributed by atoms with Crippen LogP contribution in [0.2, 0.25) is 0 Å². The van der Waals surface area contributed by atoms with Crippen LogP contribution in [0, 0.1) is 11.2 Å². The Morgan fingerprint density at radius 1 is 0.837 bits per heavy atom. The molecule has 0 aromatic heterocycles. The Morgan fingerprint density at radius 2 is 1.42 bits per heavy atom. The Bertz CT molecular complexity index is 1280. The van der Waals surface area contributed by atoms with E-state index in [-0.39, 0.29) is 48.2 Å². The van der Waals surface area contributed by atoms with E-state index in [9.17, 15) is 40.3 Å². The van der Waals surface area contributed by atoms with E-state index in [0.29, 0.717) is 31.6 Å². The minimum atomic E-state index is -5.00. The number of amides is 2. The van der Waals surface area contributed by atoms with Gasteiger partial charge in [0.25, 0.3) is 0 Å². The van der Waals surface area contributed by atoms with Gasteiger partial charge in [-0.2, -0.15) is 26.3 Å². The van der Waals surface area contributed by atoms with E-state index in [1.807, 2.05) is 0 Å². The summed E-state index contributed by atoms with van der Waals surface area (Å²) in [5.74, 6) is -1.02. The van der Waals surface area contributed by atoms with Crippen LogP contribution in [0.5, 0.6) is 0 Å². The van der Waals surface area contributed by atoms with E-state index < -0.39 is 41.3 Å². The van der Waals surface area contributed by atoms with Gasteiger partial charge in [-0.15, -0.1) is 0 Å². The molecule has 0 bridgehead atoms. The summed E-state index contributed by atoms with van der Waals surface area (Å²) in [5, 5.41) is 2.53. The van der Waals surface area contributed by atoms with E-state index >= 15 is 0 Å². The second-order valence-corrected chi connectivity index (χ2v) is 11.9. The molecule has 5 rings (SSSR count). The van der Waals surface area contributed by atoms with Crippen molar-refractivity contribution in [2.75, 3.05) is 26.2 Å². The molecule has 1 N–H and O–H groups in total. The second-order valence-electron chi connectivity index (χ2n) is 11.9. The highest BCUT2D eigenvalue weighted by atomic mass is 19.4. The lowest BCUT2D eigenvalue weighted by Gasteiger charge is -2.37. The molecular formula is C31H34F7N3O2. The van der Waals surface area contributed by atoms with Crippen molar-refractivity contribution in [3.63, 3.8) is 0 Å². The van der Waals surface area contributed by atoms with Gasteiger partial charge in [0.2, 0.25) is 11.8 Å². The third-order valence-corrected chi connectivity index (χ3v) is 9.21. The van der Waals surface area contributed by atoms with Crippen molar-refractivity contribution < 1.29 is 40.3 Å². The summed E-state index contributed by atoms with van der Waals surface area (Å²) in [4.78, 5) is 31.5. The first-order valence-electron chi connectivity index (χ1n) is 14.6. The third kappa shape index (κ3) is 6.84. The lowest BCUT2D eigenvalue weighted by Crippen LogP contribution is -2.52. The average molecular weight is 614 g/mol. The van der Waals surface area contributed by atoms with Crippen molar-refractivity contribution in [3.8, 4) is 0 Å². The van der Waals surface area contributed by atoms with E-state index in [4.69, 9.17) is 0 Å². The van der Waals surface area contributed by atoms with E-state index in [1.165, 1.54) is 12.1 Å². The molecule has 43 heavy (non-hydrogen) atoms. The highest BCUT2D eigenvalue weighted by Gasteiger charge is 2.54. The number of hydrogen-bond donors (Lipinski definition) is 1. The summed E-state index contributed by atoms with van der Waals surface area (Å²) in [5.41, 5.74) is -3.65. The van der Waals surface area contributed by atoms with Crippen LogP contribution in [-0.4, -0.2) is 53.8 Å². The monoisotopic (exact) mass is 613 g/mol. The fourth-order valence-corrected chi connectivity index (χ4v) is 6.86. The molecule has 3 aliphatic rings. The van der Waals surface area contributed by atoms with Gasteiger partial charge in [0, 0.05) is 25.7 Å². The zero-order valence-electron chi connectivity index (χ0n) is 23.5. The van der Waals surface area contributed by atoms with Gasteiger partial charge < -0.3 is 15.1 Å². The zero-order chi connectivity index (χ0) is 31.0. The van der Waals surface area contributed by atoms with Crippen LogP contribution >= 0.6 is 0 Å². The quantitative estimate of drug-likeness (QED) is 0.298. The first kappa shape index (κ1) is 31.3.